The molecule has 0 aliphatic rings. The molecule has 0 saturated carbocycles. The fraction of sp³-hybridized carbons (Fsp3) is 0.500. The Morgan fingerprint density at radius 3 is 2.55 bits per heavy atom. The first-order valence-electron chi connectivity index (χ1n) is 7.49. The Balaban J connectivity index is 3.06. The van der Waals surface area contributed by atoms with Crippen molar-refractivity contribution in [2.75, 3.05) is 37.0 Å². The zero-order valence-corrected chi connectivity index (χ0v) is 13.4. The van der Waals surface area contributed by atoms with E-state index < -0.39 is 5.97 Å². The highest BCUT2D eigenvalue weighted by Gasteiger charge is 2.21. The molecule has 0 spiro atoms. The van der Waals surface area contributed by atoms with E-state index in [0.717, 1.165) is 6.42 Å². The number of carbonyl (C=O) groups is 2. The first kappa shape index (κ1) is 18.0. The lowest BCUT2D eigenvalue weighted by Gasteiger charge is -2.23. The SMILES string of the molecule is CCCOCC(=O)N(CC)c1cc(N)ccc1C(=O)OCC. The van der Waals surface area contributed by atoms with Crippen LogP contribution in [0, 0.1) is 0 Å². The molecule has 1 rings (SSSR count). The molecule has 0 aliphatic heterocycles. The number of nitrogens with two attached hydrogens (primary N) is 1. The first-order valence-corrected chi connectivity index (χ1v) is 7.49. The summed E-state index contributed by atoms with van der Waals surface area (Å²) in [5.74, 6) is -0.690. The van der Waals surface area contributed by atoms with E-state index >= 15 is 0 Å². The molecule has 1 aromatic carbocycles. The van der Waals surface area contributed by atoms with E-state index in [0.29, 0.717) is 30.1 Å². The van der Waals surface area contributed by atoms with Crippen molar-refractivity contribution in [1.29, 1.82) is 0 Å². The standard InChI is InChI=1S/C16H24N2O4/c1-4-9-21-11-15(19)18(5-2)14-10-12(17)7-8-13(14)16(20)22-6-3/h7-8,10H,4-6,9,11,17H2,1-3H3. The number of benzene rings is 1. The monoisotopic (exact) mass is 308 g/mol. The van der Waals surface area contributed by atoms with Gasteiger partial charge in [-0.25, -0.2) is 4.79 Å². The van der Waals surface area contributed by atoms with Crippen molar-refractivity contribution in [2.24, 2.45) is 0 Å². The summed E-state index contributed by atoms with van der Waals surface area (Å²) in [6.45, 7) is 6.70. The number of nitrogens with zero attached hydrogens (tertiary/aromatic N) is 1. The van der Waals surface area contributed by atoms with E-state index in [1.54, 1.807) is 25.1 Å². The van der Waals surface area contributed by atoms with E-state index in [-0.39, 0.29) is 19.1 Å². The molecule has 1 amide bonds. The third-order valence-corrected chi connectivity index (χ3v) is 3.00. The molecular formula is C16H24N2O4. The minimum absolute atomic E-state index is 0.0290. The van der Waals surface area contributed by atoms with Gasteiger partial charge in [-0.15, -0.1) is 0 Å². The Morgan fingerprint density at radius 1 is 1.23 bits per heavy atom. The fourth-order valence-electron chi connectivity index (χ4n) is 2.02. The lowest BCUT2D eigenvalue weighted by atomic mass is 10.1. The smallest absolute Gasteiger partial charge is 0.340 e. The second-order valence-electron chi connectivity index (χ2n) is 4.69. The van der Waals surface area contributed by atoms with Gasteiger partial charge in [-0.1, -0.05) is 6.92 Å². The highest BCUT2D eigenvalue weighted by molar-refractivity contribution is 6.03. The molecule has 0 aromatic heterocycles. The number of amides is 1. The summed E-state index contributed by atoms with van der Waals surface area (Å²) in [4.78, 5) is 25.8. The average Bonchev–Trinajstić information content (AvgIpc) is 2.48. The van der Waals surface area contributed by atoms with Gasteiger partial charge in [0.05, 0.1) is 17.9 Å². The number of hydrogen-bond acceptors (Lipinski definition) is 5. The summed E-state index contributed by atoms with van der Waals surface area (Å²) in [5.41, 5.74) is 7.04. The van der Waals surface area contributed by atoms with Crippen LogP contribution in [0.3, 0.4) is 0 Å². The van der Waals surface area contributed by atoms with Crippen LogP contribution in [0.5, 0.6) is 0 Å². The first-order chi connectivity index (χ1) is 10.5. The van der Waals surface area contributed by atoms with Crippen molar-refractivity contribution in [3.8, 4) is 0 Å². The van der Waals surface area contributed by atoms with Crippen LogP contribution in [-0.4, -0.2) is 38.2 Å². The predicted octanol–water partition coefficient (Wildman–Crippen LogP) is 2.23. The van der Waals surface area contributed by atoms with Crippen LogP contribution in [0.2, 0.25) is 0 Å². The van der Waals surface area contributed by atoms with Gasteiger partial charge in [0.25, 0.3) is 5.91 Å². The summed E-state index contributed by atoms with van der Waals surface area (Å²) in [5, 5.41) is 0. The van der Waals surface area contributed by atoms with Gasteiger partial charge in [0.15, 0.2) is 0 Å². The van der Waals surface area contributed by atoms with Gasteiger partial charge in [0.2, 0.25) is 0 Å². The summed E-state index contributed by atoms with van der Waals surface area (Å²) in [6, 6.07) is 4.79. The van der Waals surface area contributed by atoms with E-state index in [4.69, 9.17) is 15.2 Å². The van der Waals surface area contributed by atoms with Gasteiger partial charge in [-0.2, -0.15) is 0 Å². The van der Waals surface area contributed by atoms with Gasteiger partial charge in [0.1, 0.15) is 6.61 Å². The molecule has 1 aromatic rings. The molecule has 0 unspecified atom stereocenters. The van der Waals surface area contributed by atoms with Crippen LogP contribution in [0.4, 0.5) is 11.4 Å². The second kappa shape index (κ2) is 9.04. The van der Waals surface area contributed by atoms with Crippen LogP contribution in [0.15, 0.2) is 18.2 Å². The van der Waals surface area contributed by atoms with Crippen molar-refractivity contribution in [1.82, 2.24) is 0 Å². The molecule has 0 saturated heterocycles. The molecule has 6 nitrogen and oxygen atoms in total. The van der Waals surface area contributed by atoms with Gasteiger partial charge in [0, 0.05) is 18.8 Å². The second-order valence-corrected chi connectivity index (χ2v) is 4.69. The Bertz CT molecular complexity index is 517. The van der Waals surface area contributed by atoms with Crippen molar-refractivity contribution in [3.63, 3.8) is 0 Å². The normalized spacial score (nSPS) is 10.3. The van der Waals surface area contributed by atoms with Crippen LogP contribution < -0.4 is 10.6 Å². The summed E-state index contributed by atoms with van der Waals surface area (Å²) in [7, 11) is 0. The van der Waals surface area contributed by atoms with Crippen LogP contribution in [-0.2, 0) is 14.3 Å². The molecule has 22 heavy (non-hydrogen) atoms. The topological polar surface area (TPSA) is 81.9 Å². The van der Waals surface area contributed by atoms with E-state index in [2.05, 4.69) is 0 Å². The number of anilines is 2. The number of hydrogen-bond donors (Lipinski definition) is 1. The van der Waals surface area contributed by atoms with Crippen LogP contribution in [0.25, 0.3) is 0 Å². The molecule has 0 fully saturated rings. The van der Waals surface area contributed by atoms with Gasteiger partial charge >= 0.3 is 5.97 Å². The molecule has 0 radical (unpaired) electrons. The molecule has 0 atom stereocenters. The molecule has 2 N–H and O–H groups in total. The van der Waals surface area contributed by atoms with E-state index in [1.807, 2.05) is 13.8 Å². The van der Waals surface area contributed by atoms with Crippen LogP contribution >= 0.6 is 0 Å². The molecule has 6 heteroatoms. The lowest BCUT2D eigenvalue weighted by Crippen LogP contribution is -2.35. The zero-order chi connectivity index (χ0) is 16.5. The van der Waals surface area contributed by atoms with E-state index in [1.165, 1.54) is 4.90 Å². The van der Waals surface area contributed by atoms with Gasteiger partial charge in [-0.3, -0.25) is 4.79 Å². The summed E-state index contributed by atoms with van der Waals surface area (Å²) in [6.07, 6.45) is 0.839. The number of likely N-dealkylation sites (N-methyl/N-ethyl adjacent to an activating group) is 1. The number of rotatable bonds is 8. The predicted molar refractivity (Wildman–Crippen MR) is 85.9 cm³/mol. The largest absolute Gasteiger partial charge is 0.462 e. The number of carbonyl (C=O) groups excluding carboxylic acids is 2. The van der Waals surface area contributed by atoms with Crippen LogP contribution in [0.1, 0.15) is 37.6 Å². The Labute approximate surface area is 131 Å². The molecule has 0 bridgehead atoms. The molecule has 122 valence electrons. The number of nitrogen functional groups attached to an aromatic ring is 1. The van der Waals surface area contributed by atoms with E-state index in [9.17, 15) is 9.59 Å². The van der Waals surface area contributed by atoms with Crippen molar-refractivity contribution in [2.45, 2.75) is 27.2 Å². The highest BCUT2D eigenvalue weighted by atomic mass is 16.5. The maximum atomic E-state index is 12.3. The Kier molecular flexibility index (Phi) is 7.39. The quantitative estimate of drug-likeness (QED) is 0.452. The minimum Gasteiger partial charge on any atom is -0.462 e. The van der Waals surface area contributed by atoms with Gasteiger partial charge < -0.3 is 20.1 Å². The highest BCUT2D eigenvalue weighted by Crippen LogP contribution is 2.25. The molecule has 0 heterocycles. The maximum absolute atomic E-state index is 12.3. The minimum atomic E-state index is -0.474. The number of esters is 1. The van der Waals surface area contributed by atoms with Crippen molar-refractivity contribution < 1.29 is 19.1 Å². The van der Waals surface area contributed by atoms with Gasteiger partial charge in [-0.05, 0) is 38.5 Å². The summed E-state index contributed by atoms with van der Waals surface area (Å²) >= 11 is 0. The average molecular weight is 308 g/mol. The number of ether oxygens (including phenoxy) is 2. The fourth-order valence-corrected chi connectivity index (χ4v) is 2.02. The lowest BCUT2D eigenvalue weighted by molar-refractivity contribution is -0.123. The summed E-state index contributed by atoms with van der Waals surface area (Å²) < 4.78 is 10.3. The third-order valence-electron chi connectivity index (χ3n) is 3.00. The Morgan fingerprint density at radius 2 is 1.95 bits per heavy atom. The van der Waals surface area contributed by atoms with Crippen molar-refractivity contribution >= 4 is 23.3 Å². The molecular weight excluding hydrogens is 284 g/mol. The maximum Gasteiger partial charge on any atom is 0.340 e. The Hall–Kier alpha value is -2.08. The zero-order valence-electron chi connectivity index (χ0n) is 13.4. The molecule has 0 aliphatic carbocycles. The third kappa shape index (κ3) is 4.73. The van der Waals surface area contributed by atoms with Crippen molar-refractivity contribution in [3.05, 3.63) is 23.8 Å².